The summed E-state index contributed by atoms with van der Waals surface area (Å²) in [5.74, 6) is -0.499. The van der Waals surface area contributed by atoms with Gasteiger partial charge in [-0.3, -0.25) is 4.79 Å². The van der Waals surface area contributed by atoms with Crippen molar-refractivity contribution in [1.29, 1.82) is 0 Å². The third kappa shape index (κ3) is 3.86. The van der Waals surface area contributed by atoms with Gasteiger partial charge in [-0.2, -0.15) is 0 Å². The van der Waals surface area contributed by atoms with Crippen molar-refractivity contribution in [2.24, 2.45) is 0 Å². The average molecular weight is 308 g/mol. The molecular formula is C19H17FN2O. The fraction of sp³-hybridized carbons (Fsp3) is 0.105. The lowest BCUT2D eigenvalue weighted by Gasteiger charge is -2.02. The zero-order valence-corrected chi connectivity index (χ0v) is 12.6. The molecule has 2 aromatic carbocycles. The summed E-state index contributed by atoms with van der Waals surface area (Å²) in [5, 5.41) is 4.01. The maximum Gasteiger partial charge on any atom is 0.244 e. The molecule has 116 valence electrons. The Kier molecular flexibility index (Phi) is 4.52. The number of aromatic amines is 1. The zero-order chi connectivity index (χ0) is 16.1. The number of carbonyl (C=O) groups is 1. The Bertz CT molecular complexity index is 851. The number of amides is 1. The second-order valence-electron chi connectivity index (χ2n) is 5.29. The topological polar surface area (TPSA) is 44.9 Å². The molecule has 3 nitrogen and oxygen atoms in total. The molecular weight excluding hydrogens is 291 g/mol. The van der Waals surface area contributed by atoms with Crippen molar-refractivity contribution in [2.45, 2.75) is 6.42 Å². The minimum atomic E-state index is -0.313. The Morgan fingerprint density at radius 2 is 2.04 bits per heavy atom. The zero-order valence-electron chi connectivity index (χ0n) is 12.6. The molecule has 0 bridgehead atoms. The smallest absolute Gasteiger partial charge is 0.244 e. The van der Waals surface area contributed by atoms with Crippen LogP contribution in [0.2, 0.25) is 0 Å². The second kappa shape index (κ2) is 6.92. The number of para-hydroxylation sites is 1. The number of fused-ring (bicyclic) bond motifs is 1. The molecule has 0 fully saturated rings. The highest BCUT2D eigenvalue weighted by molar-refractivity contribution is 5.91. The summed E-state index contributed by atoms with van der Waals surface area (Å²) in [6.45, 7) is 0.550. The van der Waals surface area contributed by atoms with Crippen LogP contribution in [0.4, 0.5) is 4.39 Å². The Morgan fingerprint density at radius 3 is 2.91 bits per heavy atom. The molecule has 0 aliphatic carbocycles. The van der Waals surface area contributed by atoms with E-state index in [2.05, 4.69) is 16.4 Å². The van der Waals surface area contributed by atoms with Gasteiger partial charge in [-0.05, 0) is 41.8 Å². The predicted molar refractivity (Wildman–Crippen MR) is 90.4 cm³/mol. The van der Waals surface area contributed by atoms with Crippen molar-refractivity contribution < 1.29 is 9.18 Å². The van der Waals surface area contributed by atoms with Crippen molar-refractivity contribution >= 4 is 22.9 Å². The maximum absolute atomic E-state index is 13.0. The molecule has 1 amide bonds. The Hall–Kier alpha value is -2.88. The summed E-state index contributed by atoms with van der Waals surface area (Å²) in [5.41, 5.74) is 2.94. The molecule has 3 rings (SSSR count). The number of aromatic nitrogens is 1. The summed E-state index contributed by atoms with van der Waals surface area (Å²) in [6, 6.07) is 14.2. The quantitative estimate of drug-likeness (QED) is 0.694. The van der Waals surface area contributed by atoms with E-state index in [0.29, 0.717) is 12.1 Å². The number of halogens is 1. The molecule has 2 N–H and O–H groups in total. The van der Waals surface area contributed by atoms with E-state index >= 15 is 0 Å². The van der Waals surface area contributed by atoms with Crippen LogP contribution in [0.15, 0.2) is 60.8 Å². The Labute approximate surface area is 133 Å². The first kappa shape index (κ1) is 15.0. The van der Waals surface area contributed by atoms with E-state index in [-0.39, 0.29) is 11.7 Å². The SMILES string of the molecule is O=C(/C=C/c1cccc(F)c1)NCCc1c[nH]c2ccccc12. The van der Waals surface area contributed by atoms with Crippen LogP contribution in [-0.2, 0) is 11.2 Å². The van der Waals surface area contributed by atoms with Crippen LogP contribution in [0.1, 0.15) is 11.1 Å². The summed E-state index contributed by atoms with van der Waals surface area (Å²) >= 11 is 0. The van der Waals surface area contributed by atoms with Crippen LogP contribution in [0.3, 0.4) is 0 Å². The predicted octanol–water partition coefficient (Wildman–Crippen LogP) is 3.68. The number of hydrogen-bond acceptors (Lipinski definition) is 1. The molecule has 1 aromatic heterocycles. The minimum absolute atomic E-state index is 0.186. The lowest BCUT2D eigenvalue weighted by atomic mass is 10.1. The van der Waals surface area contributed by atoms with Gasteiger partial charge in [0.1, 0.15) is 5.82 Å². The van der Waals surface area contributed by atoms with Crippen molar-refractivity contribution in [3.8, 4) is 0 Å². The third-order valence-electron chi connectivity index (χ3n) is 3.64. The van der Waals surface area contributed by atoms with Gasteiger partial charge in [-0.25, -0.2) is 4.39 Å². The minimum Gasteiger partial charge on any atom is -0.361 e. The van der Waals surface area contributed by atoms with Crippen LogP contribution >= 0.6 is 0 Å². The number of nitrogens with one attached hydrogen (secondary N) is 2. The molecule has 0 radical (unpaired) electrons. The summed E-state index contributed by atoms with van der Waals surface area (Å²) in [4.78, 5) is 15.0. The lowest BCUT2D eigenvalue weighted by molar-refractivity contribution is -0.116. The highest BCUT2D eigenvalue weighted by Gasteiger charge is 2.03. The number of H-pyrrole nitrogens is 1. The van der Waals surface area contributed by atoms with E-state index in [1.807, 2.05) is 24.4 Å². The van der Waals surface area contributed by atoms with Crippen molar-refractivity contribution in [2.75, 3.05) is 6.54 Å². The van der Waals surface area contributed by atoms with Crippen LogP contribution in [-0.4, -0.2) is 17.4 Å². The first-order valence-corrected chi connectivity index (χ1v) is 7.49. The van der Waals surface area contributed by atoms with Crippen LogP contribution < -0.4 is 5.32 Å². The van der Waals surface area contributed by atoms with E-state index in [0.717, 1.165) is 11.9 Å². The second-order valence-corrected chi connectivity index (χ2v) is 5.29. The maximum atomic E-state index is 13.0. The van der Waals surface area contributed by atoms with Gasteiger partial charge in [0.15, 0.2) is 0 Å². The van der Waals surface area contributed by atoms with Gasteiger partial charge in [-0.1, -0.05) is 30.3 Å². The molecule has 0 saturated heterocycles. The van der Waals surface area contributed by atoms with Gasteiger partial charge in [0, 0.05) is 29.7 Å². The lowest BCUT2D eigenvalue weighted by Crippen LogP contribution is -2.23. The van der Waals surface area contributed by atoms with Gasteiger partial charge in [0.05, 0.1) is 0 Å². The van der Waals surface area contributed by atoms with Crippen LogP contribution in [0.5, 0.6) is 0 Å². The van der Waals surface area contributed by atoms with Crippen molar-refractivity contribution in [3.05, 3.63) is 77.7 Å². The van der Waals surface area contributed by atoms with Crippen molar-refractivity contribution in [1.82, 2.24) is 10.3 Å². The molecule has 0 unspecified atom stereocenters. The normalized spacial score (nSPS) is 11.2. The number of rotatable bonds is 5. The van der Waals surface area contributed by atoms with Gasteiger partial charge in [0.2, 0.25) is 5.91 Å². The van der Waals surface area contributed by atoms with Crippen LogP contribution in [0, 0.1) is 5.82 Å². The largest absolute Gasteiger partial charge is 0.361 e. The fourth-order valence-electron chi connectivity index (χ4n) is 2.50. The molecule has 23 heavy (non-hydrogen) atoms. The fourth-order valence-corrected chi connectivity index (χ4v) is 2.50. The number of benzene rings is 2. The monoisotopic (exact) mass is 308 g/mol. The summed E-state index contributed by atoms with van der Waals surface area (Å²) < 4.78 is 13.0. The Morgan fingerprint density at radius 1 is 1.17 bits per heavy atom. The standard InChI is InChI=1S/C19H17FN2O/c20-16-5-3-4-14(12-16)8-9-19(23)21-11-10-15-13-22-18-7-2-1-6-17(15)18/h1-9,12-13,22H,10-11H2,(H,21,23)/b9-8+. The third-order valence-corrected chi connectivity index (χ3v) is 3.64. The molecule has 0 saturated carbocycles. The van der Waals surface area contributed by atoms with E-state index in [1.54, 1.807) is 18.2 Å². The van der Waals surface area contributed by atoms with E-state index in [1.165, 1.54) is 29.2 Å². The number of carbonyl (C=O) groups excluding carboxylic acids is 1. The average Bonchev–Trinajstić information content (AvgIpc) is 2.97. The molecule has 4 heteroatoms. The number of hydrogen-bond donors (Lipinski definition) is 2. The first-order chi connectivity index (χ1) is 11.2. The highest BCUT2D eigenvalue weighted by atomic mass is 19.1. The molecule has 1 heterocycles. The summed E-state index contributed by atoms with van der Waals surface area (Å²) in [6.07, 6.45) is 5.75. The van der Waals surface area contributed by atoms with E-state index < -0.39 is 0 Å². The first-order valence-electron chi connectivity index (χ1n) is 7.49. The van der Waals surface area contributed by atoms with Gasteiger partial charge in [-0.15, -0.1) is 0 Å². The highest BCUT2D eigenvalue weighted by Crippen LogP contribution is 2.17. The van der Waals surface area contributed by atoms with E-state index in [9.17, 15) is 9.18 Å². The molecule has 0 atom stereocenters. The molecule has 3 aromatic rings. The Balaban J connectivity index is 1.53. The molecule has 0 aliphatic rings. The van der Waals surface area contributed by atoms with Crippen LogP contribution in [0.25, 0.3) is 17.0 Å². The van der Waals surface area contributed by atoms with Gasteiger partial charge in [0.25, 0.3) is 0 Å². The summed E-state index contributed by atoms with van der Waals surface area (Å²) in [7, 11) is 0. The van der Waals surface area contributed by atoms with E-state index in [4.69, 9.17) is 0 Å². The van der Waals surface area contributed by atoms with Crippen molar-refractivity contribution in [3.63, 3.8) is 0 Å². The molecule has 0 spiro atoms. The van der Waals surface area contributed by atoms with Gasteiger partial charge < -0.3 is 10.3 Å². The molecule has 0 aliphatic heterocycles. The van der Waals surface area contributed by atoms with Gasteiger partial charge >= 0.3 is 0 Å².